The predicted molar refractivity (Wildman–Crippen MR) is 104 cm³/mol. The number of nitrogens with zero attached hydrogens (tertiary/aromatic N) is 1. The zero-order valence-electron chi connectivity index (χ0n) is 15.1. The maximum absolute atomic E-state index is 12.5. The van der Waals surface area contributed by atoms with Crippen LogP contribution in [0.1, 0.15) is 27.6 Å². The van der Waals surface area contributed by atoms with Crippen LogP contribution in [0.3, 0.4) is 0 Å². The molecule has 7 heteroatoms. The molecule has 1 amide bonds. The largest absolute Gasteiger partial charge is 0.454 e. The molecule has 3 aromatic rings. The van der Waals surface area contributed by atoms with E-state index < -0.39 is 0 Å². The minimum Gasteiger partial charge on any atom is -0.454 e. The average Bonchev–Trinajstić information content (AvgIpc) is 3.16. The zero-order chi connectivity index (χ0) is 19.5. The van der Waals surface area contributed by atoms with Crippen LogP contribution in [0.2, 0.25) is 0 Å². The number of ketones is 1. The van der Waals surface area contributed by atoms with Crippen LogP contribution in [0.5, 0.6) is 11.5 Å². The van der Waals surface area contributed by atoms with Gasteiger partial charge in [0.1, 0.15) is 5.82 Å². The molecule has 2 aromatic carbocycles. The van der Waals surface area contributed by atoms with E-state index in [4.69, 9.17) is 9.47 Å². The van der Waals surface area contributed by atoms with Crippen LogP contribution in [-0.4, -0.2) is 23.5 Å². The highest BCUT2D eigenvalue weighted by atomic mass is 16.7. The predicted octanol–water partition coefficient (Wildman–Crippen LogP) is 4.01. The van der Waals surface area contributed by atoms with Crippen molar-refractivity contribution in [1.29, 1.82) is 0 Å². The molecule has 0 atom stereocenters. The molecule has 0 saturated heterocycles. The zero-order valence-corrected chi connectivity index (χ0v) is 15.1. The van der Waals surface area contributed by atoms with E-state index in [-0.39, 0.29) is 18.5 Å². The van der Waals surface area contributed by atoms with Crippen molar-refractivity contribution in [3.63, 3.8) is 0 Å². The summed E-state index contributed by atoms with van der Waals surface area (Å²) in [4.78, 5) is 28.1. The van der Waals surface area contributed by atoms with E-state index in [0.29, 0.717) is 34.1 Å². The van der Waals surface area contributed by atoms with E-state index in [1.165, 1.54) is 6.92 Å². The molecule has 28 heavy (non-hydrogen) atoms. The number of anilines is 3. The van der Waals surface area contributed by atoms with Gasteiger partial charge in [-0.2, -0.15) is 0 Å². The summed E-state index contributed by atoms with van der Waals surface area (Å²) in [5.41, 5.74) is 2.43. The summed E-state index contributed by atoms with van der Waals surface area (Å²) in [6, 6.07) is 15.5. The summed E-state index contributed by atoms with van der Waals surface area (Å²) >= 11 is 0. The number of aromatic nitrogens is 1. The van der Waals surface area contributed by atoms with Crippen LogP contribution in [-0.2, 0) is 0 Å². The van der Waals surface area contributed by atoms with Crippen molar-refractivity contribution in [3.05, 3.63) is 71.9 Å². The van der Waals surface area contributed by atoms with Gasteiger partial charge in [-0.3, -0.25) is 9.59 Å². The van der Waals surface area contributed by atoms with E-state index in [1.807, 2.05) is 18.2 Å². The molecule has 1 aliphatic rings. The van der Waals surface area contributed by atoms with Gasteiger partial charge in [-0.25, -0.2) is 4.98 Å². The van der Waals surface area contributed by atoms with Crippen molar-refractivity contribution >= 4 is 28.9 Å². The van der Waals surface area contributed by atoms with E-state index >= 15 is 0 Å². The molecule has 1 aliphatic heterocycles. The monoisotopic (exact) mass is 375 g/mol. The number of carbonyl (C=O) groups excluding carboxylic acids is 2. The molecule has 0 aliphatic carbocycles. The summed E-state index contributed by atoms with van der Waals surface area (Å²) in [5.74, 6) is 1.59. The minimum atomic E-state index is -0.272. The van der Waals surface area contributed by atoms with E-state index in [9.17, 15) is 9.59 Å². The molecule has 0 spiro atoms. The number of pyridine rings is 1. The van der Waals surface area contributed by atoms with Gasteiger partial charge in [0.05, 0.1) is 0 Å². The Morgan fingerprint density at radius 2 is 1.64 bits per heavy atom. The Labute approximate surface area is 161 Å². The molecule has 0 unspecified atom stereocenters. The summed E-state index contributed by atoms with van der Waals surface area (Å²) in [6.07, 6.45) is 1.56. The SMILES string of the molecule is CC(=O)c1ccc(NC(=O)c2ccnc(Nc3ccc4c(c3)OCO4)c2)cc1. The molecule has 7 nitrogen and oxygen atoms in total. The number of carbonyl (C=O) groups is 2. The average molecular weight is 375 g/mol. The quantitative estimate of drug-likeness (QED) is 0.655. The molecule has 0 fully saturated rings. The highest BCUT2D eigenvalue weighted by Gasteiger charge is 2.14. The molecule has 4 rings (SSSR count). The summed E-state index contributed by atoms with van der Waals surface area (Å²) in [6.45, 7) is 1.71. The fraction of sp³-hybridized carbons (Fsp3) is 0.0952. The Morgan fingerprint density at radius 3 is 2.43 bits per heavy atom. The van der Waals surface area contributed by atoms with Gasteiger partial charge in [0, 0.05) is 34.8 Å². The fourth-order valence-electron chi connectivity index (χ4n) is 2.75. The Hall–Kier alpha value is -3.87. The highest BCUT2D eigenvalue weighted by Crippen LogP contribution is 2.34. The number of benzene rings is 2. The normalized spacial score (nSPS) is 11.8. The minimum absolute atomic E-state index is 0.0220. The maximum atomic E-state index is 12.5. The number of hydrogen-bond donors (Lipinski definition) is 2. The summed E-state index contributed by atoms with van der Waals surface area (Å²) in [5, 5.41) is 5.96. The van der Waals surface area contributed by atoms with Crippen molar-refractivity contribution in [2.24, 2.45) is 0 Å². The summed E-state index contributed by atoms with van der Waals surface area (Å²) in [7, 11) is 0. The number of fused-ring (bicyclic) bond motifs is 1. The van der Waals surface area contributed by atoms with Gasteiger partial charge >= 0.3 is 0 Å². The van der Waals surface area contributed by atoms with E-state index in [2.05, 4.69) is 15.6 Å². The molecule has 2 heterocycles. The van der Waals surface area contributed by atoms with E-state index in [1.54, 1.807) is 42.6 Å². The van der Waals surface area contributed by atoms with Crippen LogP contribution in [0.4, 0.5) is 17.2 Å². The Kier molecular flexibility index (Phi) is 4.63. The van der Waals surface area contributed by atoms with Crippen LogP contribution < -0.4 is 20.1 Å². The molecular weight excluding hydrogens is 358 g/mol. The van der Waals surface area contributed by atoms with Gasteiger partial charge < -0.3 is 20.1 Å². The second-order valence-electron chi connectivity index (χ2n) is 6.21. The summed E-state index contributed by atoms with van der Waals surface area (Å²) < 4.78 is 10.7. The molecule has 1 aromatic heterocycles. The number of hydrogen-bond acceptors (Lipinski definition) is 6. The van der Waals surface area contributed by atoms with Crippen LogP contribution in [0.15, 0.2) is 60.8 Å². The Morgan fingerprint density at radius 1 is 0.893 bits per heavy atom. The number of rotatable bonds is 5. The first kappa shape index (κ1) is 17.5. The van der Waals surface area contributed by atoms with Gasteiger partial charge in [-0.15, -0.1) is 0 Å². The molecule has 0 saturated carbocycles. The molecular formula is C21H17N3O4. The molecule has 140 valence electrons. The van der Waals surface area contributed by atoms with E-state index in [0.717, 1.165) is 5.69 Å². The molecule has 0 bridgehead atoms. The van der Waals surface area contributed by atoms with Crippen molar-refractivity contribution < 1.29 is 19.1 Å². The van der Waals surface area contributed by atoms with Crippen LogP contribution >= 0.6 is 0 Å². The van der Waals surface area contributed by atoms with Crippen LogP contribution in [0.25, 0.3) is 0 Å². The van der Waals surface area contributed by atoms with Gasteiger partial charge in [-0.05, 0) is 55.5 Å². The van der Waals surface area contributed by atoms with Gasteiger partial charge in [-0.1, -0.05) is 0 Å². The molecule has 0 radical (unpaired) electrons. The molecule has 2 N–H and O–H groups in total. The Bertz CT molecular complexity index is 1050. The maximum Gasteiger partial charge on any atom is 0.255 e. The number of ether oxygens (including phenoxy) is 2. The third-order valence-corrected chi connectivity index (χ3v) is 4.22. The van der Waals surface area contributed by atoms with Crippen molar-refractivity contribution in [1.82, 2.24) is 4.98 Å². The lowest BCUT2D eigenvalue weighted by atomic mass is 10.1. The first-order chi connectivity index (χ1) is 13.6. The Balaban J connectivity index is 1.47. The van der Waals surface area contributed by atoms with Crippen molar-refractivity contribution in [2.75, 3.05) is 17.4 Å². The smallest absolute Gasteiger partial charge is 0.255 e. The number of amides is 1. The van der Waals surface area contributed by atoms with Gasteiger partial charge in [0.15, 0.2) is 17.3 Å². The highest BCUT2D eigenvalue weighted by molar-refractivity contribution is 6.05. The standard InChI is InChI=1S/C21H17N3O4/c1-13(25)14-2-4-16(5-3-14)24-21(26)15-8-9-22-20(10-15)23-17-6-7-18-19(11-17)28-12-27-18/h2-11H,12H2,1H3,(H,22,23)(H,24,26). The van der Waals surface area contributed by atoms with Crippen molar-refractivity contribution in [2.45, 2.75) is 6.92 Å². The third kappa shape index (κ3) is 3.78. The third-order valence-electron chi connectivity index (χ3n) is 4.22. The fourth-order valence-corrected chi connectivity index (χ4v) is 2.75. The van der Waals surface area contributed by atoms with Gasteiger partial charge in [0.25, 0.3) is 5.91 Å². The lowest BCUT2D eigenvalue weighted by molar-refractivity contribution is 0.101. The second kappa shape index (κ2) is 7.40. The lowest BCUT2D eigenvalue weighted by Crippen LogP contribution is -2.12. The van der Waals surface area contributed by atoms with Crippen LogP contribution in [0, 0.1) is 0 Å². The lowest BCUT2D eigenvalue weighted by Gasteiger charge is -2.09. The number of nitrogens with one attached hydrogen (secondary N) is 2. The second-order valence-corrected chi connectivity index (χ2v) is 6.21. The topological polar surface area (TPSA) is 89.6 Å². The van der Waals surface area contributed by atoms with Crippen molar-refractivity contribution in [3.8, 4) is 11.5 Å². The first-order valence-corrected chi connectivity index (χ1v) is 8.63. The van der Waals surface area contributed by atoms with Gasteiger partial charge in [0.2, 0.25) is 6.79 Å². The first-order valence-electron chi connectivity index (χ1n) is 8.63. The number of Topliss-reactive ketones (excluding diaryl/α,β-unsaturated/α-hetero) is 1.